The van der Waals surface area contributed by atoms with Gasteiger partial charge in [-0.1, -0.05) is 29.8 Å². The van der Waals surface area contributed by atoms with Crippen LogP contribution in [0.2, 0.25) is 4.34 Å². The van der Waals surface area contributed by atoms with Crippen LogP contribution in [0.3, 0.4) is 0 Å². The molecule has 4 nitrogen and oxygen atoms in total. The van der Waals surface area contributed by atoms with E-state index in [1.54, 1.807) is 29.5 Å². The van der Waals surface area contributed by atoms with E-state index >= 15 is 0 Å². The lowest BCUT2D eigenvalue weighted by atomic mass is 10.1. The van der Waals surface area contributed by atoms with Gasteiger partial charge in [0.1, 0.15) is 0 Å². The number of benzene rings is 1. The molecule has 1 heterocycles. The summed E-state index contributed by atoms with van der Waals surface area (Å²) in [6.07, 6.45) is 1.58. The molecule has 0 amide bonds. The highest BCUT2D eigenvalue weighted by Crippen LogP contribution is 2.21. The summed E-state index contributed by atoms with van der Waals surface area (Å²) >= 11 is 7.45. The molecule has 1 aromatic carbocycles. The first-order valence-electron chi connectivity index (χ1n) is 6.34. The zero-order valence-corrected chi connectivity index (χ0v) is 12.4. The van der Waals surface area contributed by atoms with Crippen molar-refractivity contribution in [1.29, 1.82) is 0 Å². The molecule has 0 unspecified atom stereocenters. The summed E-state index contributed by atoms with van der Waals surface area (Å²) in [7, 11) is 0. The van der Waals surface area contributed by atoms with Gasteiger partial charge in [0.15, 0.2) is 0 Å². The molecule has 0 aliphatic rings. The topological polar surface area (TPSA) is 55.2 Å². The van der Waals surface area contributed by atoms with E-state index in [0.29, 0.717) is 6.42 Å². The van der Waals surface area contributed by atoms with E-state index in [4.69, 9.17) is 11.6 Å². The average molecular weight is 311 g/mol. The van der Waals surface area contributed by atoms with Crippen molar-refractivity contribution in [1.82, 2.24) is 5.32 Å². The summed E-state index contributed by atoms with van der Waals surface area (Å²) in [5.74, 6) is 0. The van der Waals surface area contributed by atoms with Crippen molar-refractivity contribution < 1.29 is 4.92 Å². The maximum Gasteiger partial charge on any atom is 0.272 e. The summed E-state index contributed by atoms with van der Waals surface area (Å²) in [6.45, 7) is 1.57. The molecule has 0 fully saturated rings. The zero-order chi connectivity index (χ0) is 14.4. The van der Waals surface area contributed by atoms with Gasteiger partial charge >= 0.3 is 0 Å². The summed E-state index contributed by atoms with van der Waals surface area (Å²) in [6, 6.07) is 10.8. The number of rotatable bonds is 7. The molecule has 0 aliphatic heterocycles. The fourth-order valence-electron chi connectivity index (χ4n) is 1.95. The van der Waals surface area contributed by atoms with Gasteiger partial charge in [-0.15, -0.1) is 11.3 Å². The Labute approximate surface area is 126 Å². The maximum absolute atomic E-state index is 10.9. The van der Waals surface area contributed by atoms with E-state index in [0.717, 1.165) is 29.4 Å². The summed E-state index contributed by atoms with van der Waals surface area (Å²) < 4.78 is 0.805. The maximum atomic E-state index is 10.9. The SMILES string of the molecule is O=[N+]([O-])c1ccccc1CCNCCc1ccc(Cl)s1. The first-order valence-corrected chi connectivity index (χ1v) is 7.53. The van der Waals surface area contributed by atoms with Gasteiger partial charge < -0.3 is 5.32 Å². The highest BCUT2D eigenvalue weighted by atomic mass is 35.5. The molecular weight excluding hydrogens is 296 g/mol. The number of nitrogens with one attached hydrogen (secondary N) is 1. The largest absolute Gasteiger partial charge is 0.316 e. The molecule has 0 aliphatic carbocycles. The van der Waals surface area contributed by atoms with Crippen molar-refractivity contribution >= 4 is 28.6 Å². The number of nitro benzene ring substituents is 1. The Bertz CT molecular complexity index is 586. The number of halogens is 1. The minimum Gasteiger partial charge on any atom is -0.316 e. The normalized spacial score (nSPS) is 10.7. The van der Waals surface area contributed by atoms with Crippen LogP contribution < -0.4 is 5.32 Å². The third-order valence-electron chi connectivity index (χ3n) is 2.94. The lowest BCUT2D eigenvalue weighted by Crippen LogP contribution is -2.20. The minimum atomic E-state index is -0.330. The van der Waals surface area contributed by atoms with Crippen LogP contribution in [0.5, 0.6) is 0 Å². The van der Waals surface area contributed by atoms with E-state index in [9.17, 15) is 10.1 Å². The standard InChI is InChI=1S/C14H15ClN2O2S/c15-14-6-5-12(20-14)8-10-16-9-7-11-3-1-2-4-13(11)17(18)19/h1-6,16H,7-10H2. The van der Waals surface area contributed by atoms with Crippen LogP contribution in [-0.2, 0) is 12.8 Å². The van der Waals surface area contributed by atoms with Crippen molar-refractivity contribution in [2.75, 3.05) is 13.1 Å². The number of para-hydroxylation sites is 1. The van der Waals surface area contributed by atoms with Crippen LogP contribution in [0.4, 0.5) is 5.69 Å². The predicted octanol–water partition coefficient (Wildman–Crippen LogP) is 3.68. The fraction of sp³-hybridized carbons (Fsp3) is 0.286. The molecule has 106 valence electrons. The van der Waals surface area contributed by atoms with Gasteiger partial charge in [-0.3, -0.25) is 10.1 Å². The Morgan fingerprint density at radius 2 is 1.90 bits per heavy atom. The molecule has 2 aromatic rings. The Morgan fingerprint density at radius 3 is 2.60 bits per heavy atom. The van der Waals surface area contributed by atoms with Crippen LogP contribution in [0.25, 0.3) is 0 Å². The van der Waals surface area contributed by atoms with E-state index in [1.165, 1.54) is 4.88 Å². The summed E-state index contributed by atoms with van der Waals surface area (Å²) in [5, 5.41) is 14.2. The van der Waals surface area contributed by atoms with Crippen LogP contribution >= 0.6 is 22.9 Å². The molecule has 1 aromatic heterocycles. The Kier molecular flexibility index (Phi) is 5.52. The van der Waals surface area contributed by atoms with Crippen molar-refractivity contribution in [3.63, 3.8) is 0 Å². The zero-order valence-electron chi connectivity index (χ0n) is 10.8. The van der Waals surface area contributed by atoms with Crippen molar-refractivity contribution in [2.24, 2.45) is 0 Å². The number of thiophene rings is 1. The molecule has 0 saturated carbocycles. The van der Waals surface area contributed by atoms with Gasteiger partial charge in [-0.25, -0.2) is 0 Å². The van der Waals surface area contributed by atoms with Gasteiger partial charge in [0.05, 0.1) is 9.26 Å². The van der Waals surface area contributed by atoms with Crippen LogP contribution in [0, 0.1) is 10.1 Å². The van der Waals surface area contributed by atoms with E-state index in [2.05, 4.69) is 5.32 Å². The van der Waals surface area contributed by atoms with E-state index in [1.807, 2.05) is 18.2 Å². The molecule has 6 heteroatoms. The lowest BCUT2D eigenvalue weighted by Gasteiger charge is -2.04. The quantitative estimate of drug-likeness (QED) is 0.482. The first kappa shape index (κ1) is 15.0. The molecule has 0 radical (unpaired) electrons. The number of hydrogen-bond donors (Lipinski definition) is 1. The second-order valence-corrected chi connectivity index (χ2v) is 6.14. The van der Waals surface area contributed by atoms with Crippen LogP contribution in [-0.4, -0.2) is 18.0 Å². The Morgan fingerprint density at radius 1 is 1.15 bits per heavy atom. The van der Waals surface area contributed by atoms with Crippen molar-refractivity contribution in [2.45, 2.75) is 12.8 Å². The third kappa shape index (κ3) is 4.30. The highest BCUT2D eigenvalue weighted by Gasteiger charge is 2.11. The summed E-state index contributed by atoms with van der Waals surface area (Å²) in [4.78, 5) is 11.8. The highest BCUT2D eigenvalue weighted by molar-refractivity contribution is 7.16. The molecule has 0 atom stereocenters. The molecule has 0 spiro atoms. The monoisotopic (exact) mass is 310 g/mol. The van der Waals surface area contributed by atoms with E-state index < -0.39 is 0 Å². The van der Waals surface area contributed by atoms with Crippen LogP contribution in [0.15, 0.2) is 36.4 Å². The second kappa shape index (κ2) is 7.38. The van der Waals surface area contributed by atoms with Gasteiger partial charge in [0.2, 0.25) is 0 Å². The van der Waals surface area contributed by atoms with Crippen molar-refractivity contribution in [3.8, 4) is 0 Å². The smallest absolute Gasteiger partial charge is 0.272 e. The lowest BCUT2D eigenvalue weighted by molar-refractivity contribution is -0.385. The summed E-state index contributed by atoms with van der Waals surface area (Å²) in [5.41, 5.74) is 0.962. The average Bonchev–Trinajstić information content (AvgIpc) is 2.84. The van der Waals surface area contributed by atoms with Gasteiger partial charge in [0.25, 0.3) is 5.69 Å². The second-order valence-electron chi connectivity index (χ2n) is 4.34. The molecule has 20 heavy (non-hydrogen) atoms. The number of nitro groups is 1. The number of hydrogen-bond acceptors (Lipinski definition) is 4. The molecule has 2 rings (SSSR count). The van der Waals surface area contributed by atoms with Gasteiger partial charge in [-0.2, -0.15) is 0 Å². The molecule has 0 bridgehead atoms. The predicted molar refractivity (Wildman–Crippen MR) is 82.7 cm³/mol. The molecule has 0 saturated heterocycles. The van der Waals surface area contributed by atoms with Crippen LogP contribution in [0.1, 0.15) is 10.4 Å². The number of nitrogens with zero attached hydrogens (tertiary/aromatic N) is 1. The van der Waals surface area contributed by atoms with Gasteiger partial charge in [0, 0.05) is 16.5 Å². The minimum absolute atomic E-state index is 0.194. The molecule has 1 N–H and O–H groups in total. The first-order chi connectivity index (χ1) is 9.66. The fourth-order valence-corrected chi connectivity index (χ4v) is 3.03. The van der Waals surface area contributed by atoms with Gasteiger partial charge in [-0.05, 0) is 38.1 Å². The third-order valence-corrected chi connectivity index (χ3v) is 4.23. The molecular formula is C14H15ClN2O2S. The van der Waals surface area contributed by atoms with Crippen molar-refractivity contribution in [3.05, 3.63) is 61.3 Å². The Balaban J connectivity index is 1.75. The van der Waals surface area contributed by atoms with E-state index in [-0.39, 0.29) is 10.6 Å². The Hall–Kier alpha value is -1.43.